The Morgan fingerprint density at radius 2 is 0.829 bits per heavy atom. The molecule has 2 fully saturated rings. The number of rotatable bonds is 47. The number of allylic oxidation sites excluding steroid dienone is 10. The molecule has 7 N–H and O–H groups in total. The molecule has 15 nitrogen and oxygen atoms in total. The van der Waals surface area contributed by atoms with Crippen LogP contribution in [-0.4, -0.2) is 142 Å². The van der Waals surface area contributed by atoms with E-state index in [0.29, 0.717) is 12.8 Å². The second-order valence-corrected chi connectivity index (χ2v) is 20.8. The number of hydrogen-bond donors (Lipinski definition) is 7. The third-order valence-corrected chi connectivity index (χ3v) is 14.0. The van der Waals surface area contributed by atoms with Crippen molar-refractivity contribution in [2.75, 3.05) is 26.4 Å². The zero-order valence-corrected chi connectivity index (χ0v) is 47.0. The smallest absolute Gasteiger partial charge is 0.306 e. The van der Waals surface area contributed by atoms with Gasteiger partial charge >= 0.3 is 11.9 Å². The second kappa shape index (κ2) is 47.1. The van der Waals surface area contributed by atoms with E-state index in [0.717, 1.165) is 83.5 Å². The molecule has 2 heterocycles. The maximum absolute atomic E-state index is 13.1. The Hall–Kier alpha value is -2.80. The van der Waals surface area contributed by atoms with Gasteiger partial charge in [0.2, 0.25) is 0 Å². The van der Waals surface area contributed by atoms with E-state index in [1.165, 1.54) is 96.3 Å². The van der Waals surface area contributed by atoms with Gasteiger partial charge in [0.05, 0.1) is 19.8 Å². The first-order valence-electron chi connectivity index (χ1n) is 29.9. The van der Waals surface area contributed by atoms with Crippen molar-refractivity contribution in [2.24, 2.45) is 0 Å². The maximum atomic E-state index is 13.1. The zero-order valence-electron chi connectivity index (χ0n) is 47.0. The average molecular weight is 1080 g/mol. The van der Waals surface area contributed by atoms with Gasteiger partial charge in [-0.05, 0) is 77.0 Å². The first-order valence-corrected chi connectivity index (χ1v) is 29.9. The Kier molecular flexibility index (Phi) is 42.9. The van der Waals surface area contributed by atoms with E-state index in [4.69, 9.17) is 28.4 Å². The van der Waals surface area contributed by atoms with Gasteiger partial charge < -0.3 is 64.2 Å². The van der Waals surface area contributed by atoms with Crippen LogP contribution in [0.2, 0.25) is 0 Å². The molecule has 2 aliphatic rings. The first kappa shape index (κ1) is 69.3. The van der Waals surface area contributed by atoms with E-state index in [-0.39, 0.29) is 26.1 Å². The fourth-order valence-electron chi connectivity index (χ4n) is 9.14. The molecule has 0 bridgehead atoms. The van der Waals surface area contributed by atoms with Crippen LogP contribution in [0.5, 0.6) is 0 Å². The molecule has 2 rings (SSSR count). The standard InChI is InChI=1S/C61H106O15/c1-3-5-7-9-11-13-15-17-19-21-22-23-24-25-26-28-30-32-34-36-38-40-42-44-53(64)74-49(46-71-52(63)43-41-39-37-35-33-31-29-27-20-18-16-14-12-10-8-6-4-2)47-72-60-59(70)57(68)55(66)51(76-60)48-73-61-58(69)56(67)54(65)50(45-62)75-61/h5,7,11,13,17-20,22-23,49-51,54-62,65-70H,3-4,6,8-10,12,14-16,21,24-48H2,1-2H3/b7-5-,13-11-,19-17-,20-18-,23-22-. The van der Waals surface area contributed by atoms with Gasteiger partial charge in [0, 0.05) is 12.8 Å². The fourth-order valence-corrected chi connectivity index (χ4v) is 9.14. The second-order valence-electron chi connectivity index (χ2n) is 20.8. The summed E-state index contributed by atoms with van der Waals surface area (Å²) in [6, 6.07) is 0. The molecule has 440 valence electrons. The molecule has 2 saturated heterocycles. The van der Waals surface area contributed by atoms with Gasteiger partial charge in [0.25, 0.3) is 0 Å². The Morgan fingerprint density at radius 1 is 0.434 bits per heavy atom. The molecule has 76 heavy (non-hydrogen) atoms. The zero-order chi connectivity index (χ0) is 55.3. The maximum Gasteiger partial charge on any atom is 0.306 e. The van der Waals surface area contributed by atoms with Gasteiger partial charge in [-0.3, -0.25) is 9.59 Å². The SMILES string of the molecule is CC/C=C\C/C=C\C/C=C\C/C=C\CCCCCCCCCCCCC(=O)OC(COC(=O)CCCCCCCCC/C=C\CCCCCCCC)COC1OC(COC2OC(CO)C(O)C(O)C2O)C(O)C(O)C1O. The van der Waals surface area contributed by atoms with E-state index < -0.39 is 92.7 Å². The lowest BCUT2D eigenvalue weighted by Gasteiger charge is -2.42. The van der Waals surface area contributed by atoms with Gasteiger partial charge in [-0.1, -0.05) is 190 Å². The summed E-state index contributed by atoms with van der Waals surface area (Å²) in [5.74, 6) is -0.931. The molecule has 0 aromatic carbocycles. The first-order chi connectivity index (χ1) is 37.0. The number of esters is 2. The van der Waals surface area contributed by atoms with Gasteiger partial charge in [-0.25, -0.2) is 0 Å². The monoisotopic (exact) mass is 1080 g/mol. The molecule has 0 amide bonds. The topological polar surface area (TPSA) is 231 Å². The van der Waals surface area contributed by atoms with Crippen LogP contribution in [-0.2, 0) is 38.0 Å². The van der Waals surface area contributed by atoms with Gasteiger partial charge in [0.1, 0.15) is 55.4 Å². The Morgan fingerprint density at radius 3 is 1.32 bits per heavy atom. The van der Waals surface area contributed by atoms with Crippen molar-refractivity contribution in [1.82, 2.24) is 0 Å². The molecular formula is C61H106O15. The highest BCUT2D eigenvalue weighted by atomic mass is 16.7. The molecule has 11 unspecified atom stereocenters. The summed E-state index contributed by atoms with van der Waals surface area (Å²) in [4.78, 5) is 25.9. The van der Waals surface area contributed by atoms with Crippen LogP contribution in [0.4, 0.5) is 0 Å². The summed E-state index contributed by atoms with van der Waals surface area (Å²) in [5, 5.41) is 72.3. The van der Waals surface area contributed by atoms with Crippen LogP contribution in [0.15, 0.2) is 60.8 Å². The third-order valence-electron chi connectivity index (χ3n) is 14.0. The highest BCUT2D eigenvalue weighted by Crippen LogP contribution is 2.27. The number of carbonyl (C=O) groups is 2. The van der Waals surface area contributed by atoms with Crippen molar-refractivity contribution < 1.29 is 73.8 Å². The molecule has 15 heteroatoms. The molecule has 0 saturated carbocycles. The highest BCUT2D eigenvalue weighted by Gasteiger charge is 2.47. The molecule has 11 atom stereocenters. The van der Waals surface area contributed by atoms with Crippen molar-refractivity contribution in [2.45, 2.75) is 287 Å². The van der Waals surface area contributed by atoms with E-state index in [9.17, 15) is 45.3 Å². The summed E-state index contributed by atoms with van der Waals surface area (Å²) in [7, 11) is 0. The number of carbonyl (C=O) groups excluding carboxylic acids is 2. The molecule has 0 radical (unpaired) electrons. The normalized spacial score (nSPS) is 24.8. The van der Waals surface area contributed by atoms with Crippen molar-refractivity contribution >= 4 is 11.9 Å². The molecule has 0 aliphatic carbocycles. The summed E-state index contributed by atoms with van der Waals surface area (Å²) in [6.07, 6.45) is 39.5. The fraction of sp³-hybridized carbons (Fsp3) is 0.803. The van der Waals surface area contributed by atoms with Crippen LogP contribution in [0.1, 0.15) is 219 Å². The minimum Gasteiger partial charge on any atom is -0.462 e. The molecule has 0 spiro atoms. The number of aliphatic hydroxyl groups is 7. The van der Waals surface area contributed by atoms with Crippen molar-refractivity contribution in [1.29, 1.82) is 0 Å². The summed E-state index contributed by atoms with van der Waals surface area (Å²) < 4.78 is 33.7. The molecule has 0 aromatic rings. The predicted molar refractivity (Wildman–Crippen MR) is 298 cm³/mol. The number of aliphatic hydroxyl groups excluding tert-OH is 7. The van der Waals surface area contributed by atoms with Gasteiger partial charge in [0.15, 0.2) is 18.7 Å². The highest BCUT2D eigenvalue weighted by molar-refractivity contribution is 5.70. The lowest BCUT2D eigenvalue weighted by Crippen LogP contribution is -2.61. The van der Waals surface area contributed by atoms with Crippen molar-refractivity contribution in [3.05, 3.63) is 60.8 Å². The van der Waals surface area contributed by atoms with Crippen LogP contribution < -0.4 is 0 Å². The van der Waals surface area contributed by atoms with E-state index >= 15 is 0 Å². The minimum absolute atomic E-state index is 0.157. The van der Waals surface area contributed by atoms with E-state index in [1.54, 1.807) is 0 Å². The third kappa shape index (κ3) is 33.6. The van der Waals surface area contributed by atoms with Crippen LogP contribution in [0, 0.1) is 0 Å². The van der Waals surface area contributed by atoms with Crippen LogP contribution in [0.25, 0.3) is 0 Å². The number of ether oxygens (including phenoxy) is 6. The largest absolute Gasteiger partial charge is 0.462 e. The van der Waals surface area contributed by atoms with Gasteiger partial charge in [-0.15, -0.1) is 0 Å². The van der Waals surface area contributed by atoms with Crippen molar-refractivity contribution in [3.63, 3.8) is 0 Å². The Balaban J connectivity index is 1.74. The van der Waals surface area contributed by atoms with E-state index in [2.05, 4.69) is 74.6 Å². The molecule has 0 aromatic heterocycles. The lowest BCUT2D eigenvalue weighted by atomic mass is 9.98. The van der Waals surface area contributed by atoms with Crippen LogP contribution in [0.3, 0.4) is 0 Å². The number of hydrogen-bond acceptors (Lipinski definition) is 15. The summed E-state index contributed by atoms with van der Waals surface area (Å²) >= 11 is 0. The minimum atomic E-state index is -1.77. The Bertz CT molecular complexity index is 1550. The predicted octanol–water partition coefficient (Wildman–Crippen LogP) is 10.4. The average Bonchev–Trinajstić information content (AvgIpc) is 3.41. The Labute approximate surface area is 458 Å². The summed E-state index contributed by atoms with van der Waals surface area (Å²) in [5.41, 5.74) is 0. The van der Waals surface area contributed by atoms with Gasteiger partial charge in [-0.2, -0.15) is 0 Å². The van der Waals surface area contributed by atoms with Crippen LogP contribution >= 0.6 is 0 Å². The quantitative estimate of drug-likeness (QED) is 0.0171. The lowest BCUT2D eigenvalue weighted by molar-refractivity contribution is -0.332. The molecular weight excluding hydrogens is 973 g/mol. The number of unbranched alkanes of at least 4 members (excludes halogenated alkanes) is 23. The van der Waals surface area contributed by atoms with E-state index in [1.807, 2.05) is 0 Å². The summed E-state index contributed by atoms with van der Waals surface area (Å²) in [6.45, 7) is 2.49. The molecule has 2 aliphatic heterocycles. The van der Waals surface area contributed by atoms with Crippen molar-refractivity contribution in [3.8, 4) is 0 Å².